The molecule has 0 saturated heterocycles. The first kappa shape index (κ1) is 20.1. The van der Waals surface area contributed by atoms with Crippen molar-refractivity contribution in [1.29, 1.82) is 0 Å². The second-order valence-electron chi connectivity index (χ2n) is 6.83. The van der Waals surface area contributed by atoms with Crippen LogP contribution in [0.5, 0.6) is 0 Å². The van der Waals surface area contributed by atoms with E-state index in [9.17, 15) is 0 Å². The first-order valence-electron chi connectivity index (χ1n) is 8.97. The zero-order valence-corrected chi connectivity index (χ0v) is 16.8. The number of hydrogen-bond acceptors (Lipinski definition) is 2. The van der Waals surface area contributed by atoms with Gasteiger partial charge in [-0.05, 0) is 57.3 Å². The molecule has 23 heavy (non-hydrogen) atoms. The summed E-state index contributed by atoms with van der Waals surface area (Å²) in [5.41, 5.74) is 2.14. The molecule has 0 aromatic heterocycles. The molecule has 0 amide bonds. The van der Waals surface area contributed by atoms with Gasteiger partial charge in [-0.3, -0.25) is 4.58 Å². The van der Waals surface area contributed by atoms with Crippen molar-refractivity contribution >= 4 is 8.32 Å². The van der Waals surface area contributed by atoms with Gasteiger partial charge in [0.05, 0.1) is 0 Å². The van der Waals surface area contributed by atoms with E-state index in [0.29, 0.717) is 0 Å². The van der Waals surface area contributed by atoms with Crippen LogP contribution >= 0.6 is 0 Å². The normalized spacial score (nSPS) is 14.3. The van der Waals surface area contributed by atoms with Crippen molar-refractivity contribution in [3.8, 4) is 0 Å². The molecule has 1 unspecified atom stereocenters. The van der Waals surface area contributed by atoms with Crippen molar-refractivity contribution in [3.05, 3.63) is 47.5 Å². The third kappa shape index (κ3) is 5.90. The molecular formula is C20H34O2Si. The molecule has 0 fully saturated rings. The minimum absolute atomic E-state index is 0.398. The van der Waals surface area contributed by atoms with E-state index in [1.807, 2.05) is 6.07 Å². The first-order valence-corrected chi connectivity index (χ1v) is 11.5. The van der Waals surface area contributed by atoms with E-state index in [2.05, 4.69) is 71.9 Å². The molecule has 2 nitrogen and oxygen atoms in total. The Morgan fingerprint density at radius 1 is 1.04 bits per heavy atom. The summed E-state index contributed by atoms with van der Waals surface area (Å²) in [5.74, 6) is 0. The molecule has 0 aliphatic rings. The lowest BCUT2D eigenvalue weighted by Crippen LogP contribution is -2.39. The maximum Gasteiger partial charge on any atom is 0.238 e. The standard InChI is InChI=1S/C20H34O2Si/c1-7-23(8-2,9-3)22-21-20(6,17-13-14-18(4)5)19-15-11-10-12-16-19/h10-12,14-16H,7-9,13,17H2,1-6H3. The maximum absolute atomic E-state index is 6.17. The molecule has 0 bridgehead atoms. The molecule has 0 saturated carbocycles. The van der Waals surface area contributed by atoms with Crippen molar-refractivity contribution in [2.24, 2.45) is 0 Å². The lowest BCUT2D eigenvalue weighted by atomic mass is 9.91. The minimum atomic E-state index is -1.76. The Morgan fingerprint density at radius 2 is 1.61 bits per heavy atom. The number of allylic oxidation sites excluding steroid dienone is 2. The highest BCUT2D eigenvalue weighted by Crippen LogP contribution is 2.34. The zero-order valence-electron chi connectivity index (χ0n) is 15.8. The van der Waals surface area contributed by atoms with Crippen molar-refractivity contribution < 1.29 is 9.46 Å². The van der Waals surface area contributed by atoms with Gasteiger partial charge in [0, 0.05) is 0 Å². The van der Waals surface area contributed by atoms with Crippen LogP contribution in [0.3, 0.4) is 0 Å². The molecule has 0 aliphatic carbocycles. The topological polar surface area (TPSA) is 18.5 Å². The van der Waals surface area contributed by atoms with Gasteiger partial charge in [-0.25, -0.2) is 4.89 Å². The molecule has 1 rings (SSSR count). The Morgan fingerprint density at radius 3 is 2.09 bits per heavy atom. The van der Waals surface area contributed by atoms with Gasteiger partial charge in [0.2, 0.25) is 8.32 Å². The quantitative estimate of drug-likeness (QED) is 0.208. The van der Waals surface area contributed by atoms with E-state index in [1.165, 1.54) is 11.1 Å². The molecule has 3 heteroatoms. The van der Waals surface area contributed by atoms with Crippen molar-refractivity contribution in [2.75, 3.05) is 0 Å². The van der Waals surface area contributed by atoms with Crippen LogP contribution in [0.15, 0.2) is 42.0 Å². The fourth-order valence-electron chi connectivity index (χ4n) is 2.77. The molecule has 130 valence electrons. The van der Waals surface area contributed by atoms with Gasteiger partial charge >= 0.3 is 0 Å². The Labute approximate surface area is 144 Å². The van der Waals surface area contributed by atoms with Gasteiger partial charge in [0.1, 0.15) is 5.60 Å². The predicted molar refractivity (Wildman–Crippen MR) is 102 cm³/mol. The van der Waals surface area contributed by atoms with Gasteiger partial charge in [-0.2, -0.15) is 0 Å². The Kier molecular flexibility index (Phi) is 8.24. The average molecular weight is 335 g/mol. The summed E-state index contributed by atoms with van der Waals surface area (Å²) in [4.78, 5) is 6.17. The van der Waals surface area contributed by atoms with Gasteiger partial charge < -0.3 is 0 Å². The van der Waals surface area contributed by atoms with Crippen molar-refractivity contribution in [3.63, 3.8) is 0 Å². The van der Waals surface area contributed by atoms with Crippen LogP contribution in [-0.4, -0.2) is 8.32 Å². The van der Waals surface area contributed by atoms with E-state index in [4.69, 9.17) is 9.46 Å². The van der Waals surface area contributed by atoms with Crippen LogP contribution < -0.4 is 0 Å². The molecule has 0 heterocycles. The molecule has 1 aromatic rings. The highest BCUT2D eigenvalue weighted by atomic mass is 28.4. The summed E-state index contributed by atoms with van der Waals surface area (Å²) in [6.45, 7) is 13.1. The fourth-order valence-corrected chi connectivity index (χ4v) is 4.98. The molecular weight excluding hydrogens is 300 g/mol. The molecule has 0 radical (unpaired) electrons. The first-order chi connectivity index (χ1) is 10.9. The summed E-state index contributed by atoms with van der Waals surface area (Å²) in [6, 6.07) is 13.8. The van der Waals surface area contributed by atoms with Crippen LogP contribution in [0.2, 0.25) is 18.1 Å². The summed E-state index contributed by atoms with van der Waals surface area (Å²) in [6.07, 6.45) is 4.19. The van der Waals surface area contributed by atoms with E-state index in [0.717, 1.165) is 31.0 Å². The van der Waals surface area contributed by atoms with Crippen molar-refractivity contribution in [2.45, 2.75) is 78.1 Å². The minimum Gasteiger partial charge on any atom is -0.285 e. The van der Waals surface area contributed by atoms with Crippen molar-refractivity contribution in [1.82, 2.24) is 0 Å². The number of hydrogen-bond donors (Lipinski definition) is 0. The molecule has 1 aromatic carbocycles. The average Bonchev–Trinajstić information content (AvgIpc) is 2.57. The Bertz CT molecular complexity index is 467. The lowest BCUT2D eigenvalue weighted by molar-refractivity contribution is -0.305. The molecule has 1 atom stereocenters. The third-order valence-electron chi connectivity index (χ3n) is 4.89. The third-order valence-corrected chi connectivity index (χ3v) is 9.20. The highest BCUT2D eigenvalue weighted by molar-refractivity contribution is 6.73. The van der Waals surface area contributed by atoms with Gasteiger partial charge in [-0.15, -0.1) is 0 Å². The smallest absolute Gasteiger partial charge is 0.238 e. The van der Waals surface area contributed by atoms with E-state index >= 15 is 0 Å². The largest absolute Gasteiger partial charge is 0.285 e. The van der Waals surface area contributed by atoms with Crippen LogP contribution in [-0.2, 0) is 15.1 Å². The fraction of sp³-hybridized carbons (Fsp3) is 0.600. The Balaban J connectivity index is 2.93. The summed E-state index contributed by atoms with van der Waals surface area (Å²) >= 11 is 0. The lowest BCUT2D eigenvalue weighted by Gasteiger charge is -2.35. The predicted octanol–water partition coefficient (Wildman–Crippen LogP) is 6.60. The van der Waals surface area contributed by atoms with E-state index in [1.54, 1.807) is 0 Å². The number of rotatable bonds is 10. The van der Waals surface area contributed by atoms with Crippen LogP contribution in [0.25, 0.3) is 0 Å². The molecule has 0 N–H and O–H groups in total. The highest BCUT2D eigenvalue weighted by Gasteiger charge is 2.36. The second kappa shape index (κ2) is 9.41. The summed E-state index contributed by atoms with van der Waals surface area (Å²) in [5, 5.41) is 0. The molecule has 0 spiro atoms. The van der Waals surface area contributed by atoms with Crippen LogP contribution in [0.4, 0.5) is 0 Å². The molecule has 0 aliphatic heterocycles. The monoisotopic (exact) mass is 334 g/mol. The van der Waals surface area contributed by atoms with Gasteiger partial charge in [0.15, 0.2) is 0 Å². The van der Waals surface area contributed by atoms with Crippen LogP contribution in [0, 0.1) is 0 Å². The summed E-state index contributed by atoms with van der Waals surface area (Å²) < 4.78 is 6.17. The Hall–Kier alpha value is -0.903. The maximum atomic E-state index is 6.17. The second-order valence-corrected chi connectivity index (χ2v) is 11.5. The van der Waals surface area contributed by atoms with Crippen LogP contribution in [0.1, 0.15) is 59.9 Å². The van der Waals surface area contributed by atoms with E-state index in [-0.39, 0.29) is 0 Å². The van der Waals surface area contributed by atoms with E-state index < -0.39 is 13.9 Å². The van der Waals surface area contributed by atoms with Gasteiger partial charge in [-0.1, -0.05) is 62.8 Å². The summed E-state index contributed by atoms with van der Waals surface area (Å²) in [7, 11) is -1.76. The van der Waals surface area contributed by atoms with Gasteiger partial charge in [0.25, 0.3) is 0 Å². The number of benzene rings is 1. The SMILES string of the molecule is CC[Si](CC)(CC)OOC(C)(CCC=C(C)C)c1ccccc1. The zero-order chi connectivity index (χ0) is 17.3.